The maximum Gasteiger partial charge on any atom is 0.340 e. The third kappa shape index (κ3) is 3.78. The predicted molar refractivity (Wildman–Crippen MR) is 102 cm³/mol. The Balaban J connectivity index is 1.75. The number of hydrazone groups is 1. The molecule has 3 rings (SSSR count). The molecule has 3 aromatic rings. The van der Waals surface area contributed by atoms with Gasteiger partial charge in [0.2, 0.25) is 0 Å². The van der Waals surface area contributed by atoms with Gasteiger partial charge in [0, 0.05) is 5.56 Å². The van der Waals surface area contributed by atoms with Crippen molar-refractivity contribution in [1.29, 1.82) is 0 Å². The van der Waals surface area contributed by atoms with Crippen LogP contribution in [0.2, 0.25) is 0 Å². The summed E-state index contributed by atoms with van der Waals surface area (Å²) in [5, 5.41) is 13.3. The molecule has 0 saturated carbocycles. The highest BCUT2D eigenvalue weighted by molar-refractivity contribution is 6.02. The lowest BCUT2D eigenvalue weighted by atomic mass is 10.1. The number of methoxy groups -OCH3 is 2. The minimum Gasteiger partial charge on any atom is -0.493 e. The highest BCUT2D eigenvalue weighted by Gasteiger charge is 2.20. The number of carboxylic acid groups (broad SMARTS) is 1. The SMILES string of the molecule is COc1ccc(/C=N\NC(=O)Cn2cnc3ccccc32)c(C(=O)O)c1OC. The Morgan fingerprint density at radius 1 is 1.21 bits per heavy atom. The van der Waals surface area contributed by atoms with Gasteiger partial charge >= 0.3 is 5.97 Å². The molecule has 0 unspecified atom stereocenters. The molecule has 0 atom stereocenters. The van der Waals surface area contributed by atoms with Gasteiger partial charge in [0.1, 0.15) is 12.1 Å². The molecule has 1 heterocycles. The van der Waals surface area contributed by atoms with E-state index in [1.54, 1.807) is 17.0 Å². The first-order valence-electron chi connectivity index (χ1n) is 8.25. The fraction of sp³-hybridized carbons (Fsp3) is 0.158. The molecule has 2 N–H and O–H groups in total. The van der Waals surface area contributed by atoms with Crippen LogP contribution >= 0.6 is 0 Å². The summed E-state index contributed by atoms with van der Waals surface area (Å²) in [6, 6.07) is 10.5. The number of imidazole rings is 1. The van der Waals surface area contributed by atoms with Gasteiger partial charge in [-0.3, -0.25) is 4.79 Å². The van der Waals surface area contributed by atoms with E-state index in [1.165, 1.54) is 26.5 Å². The summed E-state index contributed by atoms with van der Waals surface area (Å²) in [6.07, 6.45) is 2.82. The lowest BCUT2D eigenvalue weighted by molar-refractivity contribution is -0.121. The van der Waals surface area contributed by atoms with Crippen molar-refractivity contribution in [2.75, 3.05) is 14.2 Å². The molecule has 0 saturated heterocycles. The third-order valence-electron chi connectivity index (χ3n) is 4.03. The van der Waals surface area contributed by atoms with Gasteiger partial charge < -0.3 is 19.1 Å². The molecule has 0 aliphatic heterocycles. The number of ether oxygens (including phenoxy) is 2. The zero-order valence-corrected chi connectivity index (χ0v) is 15.2. The van der Waals surface area contributed by atoms with Crippen molar-refractivity contribution in [3.05, 3.63) is 53.9 Å². The van der Waals surface area contributed by atoms with E-state index in [4.69, 9.17) is 9.47 Å². The number of rotatable bonds is 7. The van der Waals surface area contributed by atoms with Crippen LogP contribution in [0.3, 0.4) is 0 Å². The number of fused-ring (bicyclic) bond motifs is 1. The first kappa shape index (κ1) is 18.9. The van der Waals surface area contributed by atoms with E-state index in [9.17, 15) is 14.7 Å². The van der Waals surface area contributed by atoms with E-state index in [2.05, 4.69) is 15.5 Å². The van der Waals surface area contributed by atoms with Crippen LogP contribution in [0.25, 0.3) is 11.0 Å². The molecule has 144 valence electrons. The van der Waals surface area contributed by atoms with Crippen LogP contribution in [0.4, 0.5) is 0 Å². The second-order valence-corrected chi connectivity index (χ2v) is 5.72. The summed E-state index contributed by atoms with van der Waals surface area (Å²) in [6.45, 7) is 0.0234. The molecule has 0 bridgehead atoms. The molecule has 28 heavy (non-hydrogen) atoms. The molecule has 0 spiro atoms. The van der Waals surface area contributed by atoms with Gasteiger partial charge in [-0.15, -0.1) is 0 Å². The number of carbonyl (C=O) groups excluding carboxylic acids is 1. The average molecular weight is 382 g/mol. The quantitative estimate of drug-likeness (QED) is 0.476. The Labute approximate surface area is 160 Å². The standard InChI is InChI=1S/C19H18N4O5/c1-27-15-8-7-12(17(19(25)26)18(15)28-2)9-21-22-16(24)10-23-11-20-13-5-3-4-6-14(13)23/h3-9,11H,10H2,1-2H3,(H,22,24)(H,25,26)/b21-9-. The number of para-hydroxylation sites is 2. The number of aromatic nitrogens is 2. The second kappa shape index (κ2) is 8.21. The Kier molecular flexibility index (Phi) is 5.54. The van der Waals surface area contributed by atoms with E-state index in [0.717, 1.165) is 11.0 Å². The van der Waals surface area contributed by atoms with E-state index in [0.29, 0.717) is 0 Å². The number of nitrogens with one attached hydrogen (secondary N) is 1. The highest BCUT2D eigenvalue weighted by Crippen LogP contribution is 2.32. The van der Waals surface area contributed by atoms with Gasteiger partial charge in [0.05, 0.1) is 37.8 Å². The molecular weight excluding hydrogens is 364 g/mol. The highest BCUT2D eigenvalue weighted by atomic mass is 16.5. The smallest absolute Gasteiger partial charge is 0.340 e. The number of hydrogen-bond acceptors (Lipinski definition) is 6. The van der Waals surface area contributed by atoms with Crippen molar-refractivity contribution in [3.8, 4) is 11.5 Å². The number of carbonyl (C=O) groups is 2. The van der Waals surface area contributed by atoms with E-state index < -0.39 is 5.97 Å². The molecule has 9 nitrogen and oxygen atoms in total. The van der Waals surface area contributed by atoms with E-state index in [1.807, 2.05) is 24.3 Å². The first-order chi connectivity index (χ1) is 13.5. The minimum absolute atomic E-state index is 0.0234. The lowest BCUT2D eigenvalue weighted by Gasteiger charge is -2.12. The van der Waals surface area contributed by atoms with Gasteiger partial charge in [0.15, 0.2) is 11.5 Å². The molecule has 1 aromatic heterocycles. The molecule has 0 fully saturated rings. The molecule has 1 amide bonds. The Morgan fingerprint density at radius 3 is 2.71 bits per heavy atom. The van der Waals surface area contributed by atoms with Crippen LogP contribution < -0.4 is 14.9 Å². The fourth-order valence-electron chi connectivity index (χ4n) is 2.77. The van der Waals surface area contributed by atoms with Crippen LogP contribution in [0.5, 0.6) is 11.5 Å². The van der Waals surface area contributed by atoms with Crippen molar-refractivity contribution in [2.45, 2.75) is 6.54 Å². The largest absolute Gasteiger partial charge is 0.493 e. The van der Waals surface area contributed by atoms with Crippen LogP contribution in [-0.2, 0) is 11.3 Å². The Morgan fingerprint density at radius 2 is 2.00 bits per heavy atom. The first-order valence-corrected chi connectivity index (χ1v) is 8.25. The van der Waals surface area contributed by atoms with Crippen molar-refractivity contribution >= 4 is 29.1 Å². The summed E-state index contributed by atoms with van der Waals surface area (Å²) in [5.41, 5.74) is 4.15. The van der Waals surface area contributed by atoms with Crippen molar-refractivity contribution < 1.29 is 24.2 Å². The van der Waals surface area contributed by atoms with Gasteiger partial charge in [0.25, 0.3) is 5.91 Å². The van der Waals surface area contributed by atoms with Gasteiger partial charge in [-0.05, 0) is 24.3 Å². The topological polar surface area (TPSA) is 115 Å². The Bertz CT molecular complexity index is 1060. The van der Waals surface area contributed by atoms with Crippen molar-refractivity contribution in [1.82, 2.24) is 15.0 Å². The lowest BCUT2D eigenvalue weighted by Crippen LogP contribution is -2.23. The van der Waals surface area contributed by atoms with Crippen molar-refractivity contribution in [3.63, 3.8) is 0 Å². The number of carboxylic acids is 1. The molecule has 0 radical (unpaired) electrons. The summed E-state index contributed by atoms with van der Waals surface area (Å²) in [4.78, 5) is 28.0. The number of aromatic carboxylic acids is 1. The molecular formula is C19H18N4O5. The predicted octanol–water partition coefficient (Wildman–Crippen LogP) is 1.90. The van der Waals surface area contributed by atoms with Gasteiger partial charge in [-0.2, -0.15) is 5.10 Å². The number of nitrogens with zero attached hydrogens (tertiary/aromatic N) is 3. The fourth-order valence-corrected chi connectivity index (χ4v) is 2.77. The van der Waals surface area contributed by atoms with Crippen LogP contribution in [-0.4, -0.2) is 47.0 Å². The summed E-state index contributed by atoms with van der Waals surface area (Å²) in [5.74, 6) is -1.21. The molecule has 0 aliphatic rings. The van der Waals surface area contributed by atoms with Crippen LogP contribution in [0.15, 0.2) is 47.8 Å². The maximum absolute atomic E-state index is 12.2. The van der Waals surface area contributed by atoms with Crippen LogP contribution in [0.1, 0.15) is 15.9 Å². The number of amides is 1. The van der Waals surface area contributed by atoms with Gasteiger partial charge in [-0.1, -0.05) is 12.1 Å². The number of benzene rings is 2. The summed E-state index contributed by atoms with van der Waals surface area (Å²) >= 11 is 0. The monoisotopic (exact) mass is 382 g/mol. The van der Waals surface area contributed by atoms with Crippen molar-refractivity contribution in [2.24, 2.45) is 5.10 Å². The zero-order valence-electron chi connectivity index (χ0n) is 15.2. The van der Waals surface area contributed by atoms with Crippen LogP contribution in [0, 0.1) is 0 Å². The normalized spacial score (nSPS) is 10.9. The molecule has 9 heteroatoms. The third-order valence-corrected chi connectivity index (χ3v) is 4.03. The number of hydrogen-bond donors (Lipinski definition) is 2. The summed E-state index contributed by atoms with van der Waals surface area (Å²) < 4.78 is 11.9. The van der Waals surface area contributed by atoms with E-state index in [-0.39, 0.29) is 35.1 Å². The zero-order chi connectivity index (χ0) is 20.1. The average Bonchev–Trinajstić information content (AvgIpc) is 3.10. The minimum atomic E-state index is -1.20. The molecule has 0 aliphatic carbocycles. The Hall–Kier alpha value is -3.88. The van der Waals surface area contributed by atoms with E-state index >= 15 is 0 Å². The second-order valence-electron chi connectivity index (χ2n) is 5.72. The van der Waals surface area contributed by atoms with Gasteiger partial charge in [-0.25, -0.2) is 15.2 Å². The molecule has 2 aromatic carbocycles. The maximum atomic E-state index is 12.2. The summed E-state index contributed by atoms with van der Waals surface area (Å²) in [7, 11) is 2.76.